The molecule has 1 aliphatic carbocycles. The third-order valence-electron chi connectivity index (χ3n) is 5.86. The molecule has 31 heavy (non-hydrogen) atoms. The van der Waals surface area contributed by atoms with Crippen molar-refractivity contribution in [3.63, 3.8) is 0 Å². The number of sulfone groups is 1. The number of rotatable bonds is 3. The second kappa shape index (κ2) is 8.31. The number of hydrogen-bond acceptors (Lipinski definition) is 6. The second-order valence-electron chi connectivity index (χ2n) is 8.17. The monoisotopic (exact) mass is 501 g/mol. The van der Waals surface area contributed by atoms with Crippen molar-refractivity contribution in [2.24, 2.45) is 4.99 Å². The molecular weight excluding hydrogens is 478 g/mol. The van der Waals surface area contributed by atoms with Crippen molar-refractivity contribution in [2.75, 3.05) is 11.2 Å². The molecule has 2 aromatic rings. The number of nitrogens with zero attached hydrogens (tertiary/aromatic N) is 3. The molecule has 0 saturated carbocycles. The average Bonchev–Trinajstić information content (AvgIpc) is 2.70. The number of hydrogen-bond donors (Lipinski definition) is 0. The van der Waals surface area contributed by atoms with Gasteiger partial charge < -0.3 is 4.90 Å². The summed E-state index contributed by atoms with van der Waals surface area (Å²) in [7, 11) is -3.53. The van der Waals surface area contributed by atoms with E-state index in [0.717, 1.165) is 18.5 Å². The summed E-state index contributed by atoms with van der Waals surface area (Å²) in [4.78, 5) is 23.5. The van der Waals surface area contributed by atoms with E-state index in [9.17, 15) is 13.2 Å². The van der Waals surface area contributed by atoms with Gasteiger partial charge in [-0.3, -0.25) is 9.78 Å². The van der Waals surface area contributed by atoms with Crippen LogP contribution in [0, 0.1) is 0 Å². The van der Waals surface area contributed by atoms with Crippen LogP contribution in [0.15, 0.2) is 57.0 Å². The van der Waals surface area contributed by atoms with Crippen molar-refractivity contribution in [3.05, 3.63) is 58.3 Å². The van der Waals surface area contributed by atoms with Gasteiger partial charge >= 0.3 is 0 Å². The number of allylic oxidation sites excluding steroid dienone is 2. The minimum atomic E-state index is -3.53. The van der Waals surface area contributed by atoms with Crippen LogP contribution < -0.4 is 4.90 Å². The Bertz CT molecular complexity index is 1210. The molecule has 6 nitrogen and oxygen atoms in total. The lowest BCUT2D eigenvalue weighted by Crippen LogP contribution is -2.43. The Morgan fingerprint density at radius 2 is 1.84 bits per heavy atom. The summed E-state index contributed by atoms with van der Waals surface area (Å²) in [5.41, 5.74) is 2.59. The molecule has 0 N–H and O–H groups in total. The van der Waals surface area contributed by atoms with Crippen LogP contribution in [0.3, 0.4) is 0 Å². The van der Waals surface area contributed by atoms with Gasteiger partial charge in [0, 0.05) is 40.3 Å². The predicted octanol–water partition coefficient (Wildman–Crippen LogP) is 4.89. The summed E-state index contributed by atoms with van der Waals surface area (Å²) in [6.45, 7) is 4.35. The number of anilines is 1. The molecule has 0 radical (unpaired) electrons. The van der Waals surface area contributed by atoms with E-state index in [-0.39, 0.29) is 10.7 Å². The van der Waals surface area contributed by atoms with Crippen molar-refractivity contribution in [3.8, 4) is 0 Å². The molecule has 1 fully saturated rings. The fourth-order valence-electron chi connectivity index (χ4n) is 4.39. The Balaban J connectivity index is 1.85. The maximum Gasteiger partial charge on any atom is 0.204 e. The van der Waals surface area contributed by atoms with Gasteiger partial charge in [0.2, 0.25) is 5.78 Å². The van der Waals surface area contributed by atoms with Crippen LogP contribution in [0.5, 0.6) is 0 Å². The number of pyridine rings is 1. The molecule has 162 valence electrons. The zero-order valence-corrected chi connectivity index (χ0v) is 20.1. The van der Waals surface area contributed by atoms with E-state index in [1.807, 2.05) is 6.07 Å². The van der Waals surface area contributed by atoms with Gasteiger partial charge in [0.1, 0.15) is 5.69 Å². The normalized spacial score (nSPS) is 22.6. The zero-order valence-electron chi connectivity index (χ0n) is 17.7. The molecule has 2 atom stereocenters. The number of aromatic nitrogens is 1. The van der Waals surface area contributed by atoms with Crippen molar-refractivity contribution in [1.29, 1.82) is 0 Å². The molecule has 1 aromatic carbocycles. The Morgan fingerprint density at radius 1 is 1.13 bits per heavy atom. The topological polar surface area (TPSA) is 79.7 Å². The minimum Gasteiger partial charge on any atom is -0.366 e. The smallest absolute Gasteiger partial charge is 0.204 e. The molecule has 8 heteroatoms. The number of halogens is 1. The van der Waals surface area contributed by atoms with E-state index in [0.29, 0.717) is 39.2 Å². The molecule has 4 rings (SSSR count). The standard InChI is InChI=1S/C23H24BrN3O3S/c1-14-5-4-6-15(2)27(14)16-7-8-18(21(13-16)31(3,29)30)26-19-9-10-20(28)23-22(19)17(24)11-12-25-23/h7-15H,4-6H2,1-3H3/b26-19+. The summed E-state index contributed by atoms with van der Waals surface area (Å²) in [6, 6.07) is 7.83. The number of ketones is 1. The highest BCUT2D eigenvalue weighted by atomic mass is 79.9. The fourth-order valence-corrected chi connectivity index (χ4v) is 5.73. The average molecular weight is 502 g/mol. The molecule has 2 aliphatic rings. The van der Waals surface area contributed by atoms with Crippen molar-refractivity contribution in [2.45, 2.75) is 50.1 Å². The summed E-state index contributed by atoms with van der Waals surface area (Å²) in [6.07, 6.45) is 9.10. The van der Waals surface area contributed by atoms with Crippen LogP contribution in [-0.2, 0) is 9.84 Å². The molecule has 2 heterocycles. The van der Waals surface area contributed by atoms with Gasteiger partial charge in [0.05, 0.1) is 16.3 Å². The van der Waals surface area contributed by atoms with E-state index >= 15 is 0 Å². The van der Waals surface area contributed by atoms with Gasteiger partial charge in [-0.2, -0.15) is 0 Å². The van der Waals surface area contributed by atoms with E-state index < -0.39 is 9.84 Å². The highest BCUT2D eigenvalue weighted by Crippen LogP contribution is 2.35. The van der Waals surface area contributed by atoms with E-state index in [4.69, 9.17) is 0 Å². The lowest BCUT2D eigenvalue weighted by atomic mass is 9.96. The van der Waals surface area contributed by atoms with E-state index in [1.165, 1.54) is 18.8 Å². The Labute approximate surface area is 191 Å². The lowest BCUT2D eigenvalue weighted by molar-refractivity contribution is 0.104. The first-order valence-corrected chi connectivity index (χ1v) is 12.9. The SMILES string of the molecule is CC1CCCC(C)N1c1ccc(/N=C2\C=CC(=O)c3nccc(Br)c32)c(S(C)(=O)=O)c1. The van der Waals surface area contributed by atoms with Gasteiger partial charge in [-0.15, -0.1) is 0 Å². The number of carbonyl (C=O) groups is 1. The Morgan fingerprint density at radius 3 is 2.52 bits per heavy atom. The van der Waals surface area contributed by atoms with Gasteiger partial charge in [-0.25, -0.2) is 13.4 Å². The number of aliphatic imine (C=N–C) groups is 1. The van der Waals surface area contributed by atoms with Crippen LogP contribution >= 0.6 is 15.9 Å². The molecule has 1 aromatic heterocycles. The largest absolute Gasteiger partial charge is 0.366 e. The lowest BCUT2D eigenvalue weighted by Gasteiger charge is -2.41. The zero-order chi connectivity index (χ0) is 22.3. The third kappa shape index (κ3) is 4.23. The molecule has 0 spiro atoms. The quantitative estimate of drug-likeness (QED) is 0.597. The summed E-state index contributed by atoms with van der Waals surface area (Å²) >= 11 is 3.47. The number of carbonyl (C=O) groups excluding carboxylic acids is 1. The molecule has 0 bridgehead atoms. The summed E-state index contributed by atoms with van der Waals surface area (Å²) in [5, 5.41) is 0. The highest BCUT2D eigenvalue weighted by Gasteiger charge is 2.27. The molecular formula is C23H24BrN3O3S. The van der Waals surface area contributed by atoms with Crippen LogP contribution in [0.1, 0.15) is 49.2 Å². The number of piperidine rings is 1. The first-order valence-electron chi connectivity index (χ1n) is 10.2. The molecule has 1 aliphatic heterocycles. The van der Waals surface area contributed by atoms with Gasteiger partial charge in [0.25, 0.3) is 0 Å². The van der Waals surface area contributed by atoms with Crippen molar-refractivity contribution < 1.29 is 13.2 Å². The van der Waals surface area contributed by atoms with Crippen LogP contribution in [-0.4, -0.2) is 43.2 Å². The number of benzene rings is 1. The van der Waals surface area contributed by atoms with Crippen LogP contribution in [0.2, 0.25) is 0 Å². The van der Waals surface area contributed by atoms with Gasteiger partial charge in [-0.1, -0.05) is 0 Å². The Kier molecular flexibility index (Phi) is 5.87. The Hall–Kier alpha value is -2.32. The third-order valence-corrected chi connectivity index (χ3v) is 7.64. The molecule has 0 amide bonds. The van der Waals surface area contributed by atoms with E-state index in [1.54, 1.807) is 30.5 Å². The first-order chi connectivity index (χ1) is 14.7. The maximum atomic E-state index is 12.7. The number of fused-ring (bicyclic) bond motifs is 1. The van der Waals surface area contributed by atoms with Crippen LogP contribution in [0.4, 0.5) is 11.4 Å². The highest BCUT2D eigenvalue weighted by molar-refractivity contribution is 9.10. The van der Waals surface area contributed by atoms with E-state index in [2.05, 4.69) is 44.7 Å². The fraction of sp³-hybridized carbons (Fsp3) is 0.348. The summed E-state index contributed by atoms with van der Waals surface area (Å²) < 4.78 is 26.0. The minimum absolute atomic E-state index is 0.175. The molecule has 2 unspecified atom stereocenters. The van der Waals surface area contributed by atoms with Gasteiger partial charge in [-0.05, 0) is 85.5 Å². The maximum absolute atomic E-state index is 12.7. The predicted molar refractivity (Wildman–Crippen MR) is 126 cm³/mol. The second-order valence-corrected chi connectivity index (χ2v) is 11.0. The van der Waals surface area contributed by atoms with Gasteiger partial charge in [0.15, 0.2) is 9.84 Å². The van der Waals surface area contributed by atoms with Crippen molar-refractivity contribution >= 4 is 48.6 Å². The van der Waals surface area contributed by atoms with Crippen molar-refractivity contribution in [1.82, 2.24) is 4.98 Å². The molecule has 1 saturated heterocycles. The van der Waals surface area contributed by atoms with Crippen LogP contribution in [0.25, 0.3) is 0 Å². The first kappa shape index (κ1) is 21.9. The summed E-state index contributed by atoms with van der Waals surface area (Å²) in [5.74, 6) is -0.206.